The molecule has 0 bridgehead atoms. The first-order chi connectivity index (χ1) is 15.1. The number of amides is 1. The number of rotatable bonds is 4. The number of hydrogen-bond acceptors (Lipinski definition) is 5. The van der Waals surface area contributed by atoms with E-state index in [1.54, 1.807) is 6.08 Å². The first-order valence-corrected chi connectivity index (χ1v) is 11.9. The number of nitrogens with one attached hydrogen (secondary N) is 2. The summed E-state index contributed by atoms with van der Waals surface area (Å²) in [5, 5.41) is 6.49. The summed E-state index contributed by atoms with van der Waals surface area (Å²) in [5.41, 5.74) is 3.86. The van der Waals surface area contributed by atoms with E-state index in [-0.39, 0.29) is 22.4 Å². The Balaban J connectivity index is 1.72. The number of benzene rings is 1. The van der Waals surface area contributed by atoms with E-state index < -0.39 is 0 Å². The second-order valence-corrected chi connectivity index (χ2v) is 10.7. The van der Waals surface area contributed by atoms with Crippen molar-refractivity contribution in [2.75, 3.05) is 12.4 Å². The number of anilines is 1. The Bertz CT molecular complexity index is 1050. The van der Waals surface area contributed by atoms with Gasteiger partial charge in [0, 0.05) is 11.0 Å². The molecule has 32 heavy (non-hydrogen) atoms. The maximum Gasteiger partial charge on any atom is 0.341 e. The van der Waals surface area contributed by atoms with Crippen LogP contribution in [0.15, 0.2) is 30.3 Å². The fourth-order valence-corrected chi connectivity index (χ4v) is 5.46. The molecule has 1 aromatic heterocycles. The van der Waals surface area contributed by atoms with Gasteiger partial charge in [-0.15, -0.1) is 11.3 Å². The molecule has 2 N–H and O–H groups in total. The minimum absolute atomic E-state index is 0.152. The van der Waals surface area contributed by atoms with E-state index in [1.165, 1.54) is 29.4 Å². The molecule has 7 heteroatoms. The lowest BCUT2D eigenvalue weighted by molar-refractivity contribution is -0.115. The number of thiocarbonyl (C=S) groups is 1. The molecule has 2 aromatic rings. The summed E-state index contributed by atoms with van der Waals surface area (Å²) >= 11 is 6.87. The molecule has 1 aromatic carbocycles. The molecule has 170 valence electrons. The predicted molar refractivity (Wildman–Crippen MR) is 135 cm³/mol. The average Bonchev–Trinajstić information content (AvgIpc) is 3.08. The molecule has 1 amide bonds. The van der Waals surface area contributed by atoms with Gasteiger partial charge < -0.3 is 10.1 Å². The molecule has 1 heterocycles. The third-order valence-electron chi connectivity index (χ3n) is 5.85. The zero-order valence-electron chi connectivity index (χ0n) is 19.2. The van der Waals surface area contributed by atoms with Gasteiger partial charge in [-0.05, 0) is 66.9 Å². The van der Waals surface area contributed by atoms with Gasteiger partial charge >= 0.3 is 5.97 Å². The van der Waals surface area contributed by atoms with E-state index in [9.17, 15) is 9.59 Å². The Morgan fingerprint density at radius 1 is 1.22 bits per heavy atom. The summed E-state index contributed by atoms with van der Waals surface area (Å²) in [6, 6.07) is 7.86. The number of carbonyl (C=O) groups is 2. The van der Waals surface area contributed by atoms with Crippen LogP contribution in [-0.2, 0) is 22.4 Å². The summed E-state index contributed by atoms with van der Waals surface area (Å²) in [5.74, 6) is -0.171. The van der Waals surface area contributed by atoms with E-state index >= 15 is 0 Å². The number of aryl methyl sites for hydroxylation is 1. The maximum atomic E-state index is 12.5. The lowest BCUT2D eigenvalue weighted by atomic mass is 9.72. The Morgan fingerprint density at radius 2 is 1.91 bits per heavy atom. The van der Waals surface area contributed by atoms with Crippen molar-refractivity contribution in [2.45, 2.75) is 47.0 Å². The molecule has 1 atom stereocenters. The van der Waals surface area contributed by atoms with Gasteiger partial charge in [-0.25, -0.2) is 4.79 Å². The summed E-state index contributed by atoms with van der Waals surface area (Å²) in [7, 11) is 1.38. The van der Waals surface area contributed by atoms with Crippen LogP contribution in [0.25, 0.3) is 6.08 Å². The normalized spacial score (nSPS) is 15.8. The monoisotopic (exact) mass is 470 g/mol. The van der Waals surface area contributed by atoms with Crippen LogP contribution in [0.2, 0.25) is 0 Å². The quantitative estimate of drug-likeness (QED) is 0.350. The van der Waals surface area contributed by atoms with E-state index in [1.807, 2.05) is 31.2 Å². The Kier molecular flexibility index (Phi) is 7.51. The lowest BCUT2D eigenvalue weighted by Crippen LogP contribution is -2.33. The van der Waals surface area contributed by atoms with Crippen molar-refractivity contribution in [2.24, 2.45) is 11.3 Å². The highest BCUT2D eigenvalue weighted by Gasteiger charge is 2.34. The van der Waals surface area contributed by atoms with Gasteiger partial charge in [0.1, 0.15) is 5.00 Å². The molecular weight excluding hydrogens is 440 g/mol. The number of thiophene rings is 1. The molecular formula is C25H30N2O3S2. The van der Waals surface area contributed by atoms with Crippen LogP contribution < -0.4 is 10.6 Å². The first-order valence-electron chi connectivity index (χ1n) is 10.7. The van der Waals surface area contributed by atoms with Crippen molar-refractivity contribution in [3.8, 4) is 0 Å². The number of methoxy groups -OCH3 is 1. The van der Waals surface area contributed by atoms with Crippen LogP contribution in [0.3, 0.4) is 0 Å². The largest absolute Gasteiger partial charge is 0.465 e. The van der Waals surface area contributed by atoms with Crippen molar-refractivity contribution in [1.29, 1.82) is 0 Å². The van der Waals surface area contributed by atoms with E-state index in [2.05, 4.69) is 31.4 Å². The van der Waals surface area contributed by atoms with Gasteiger partial charge in [-0.3, -0.25) is 10.1 Å². The number of ether oxygens (including phenoxy) is 1. The highest BCUT2D eigenvalue weighted by atomic mass is 32.1. The molecule has 1 unspecified atom stereocenters. The summed E-state index contributed by atoms with van der Waals surface area (Å²) < 4.78 is 5.04. The number of carbonyl (C=O) groups excluding carboxylic acids is 2. The third-order valence-corrected chi connectivity index (χ3v) is 7.22. The Hall–Kier alpha value is -2.51. The molecule has 0 saturated carbocycles. The van der Waals surface area contributed by atoms with Crippen LogP contribution in [-0.4, -0.2) is 24.1 Å². The van der Waals surface area contributed by atoms with Crippen LogP contribution in [0.4, 0.5) is 5.00 Å². The molecule has 0 fully saturated rings. The lowest BCUT2D eigenvalue weighted by Gasteiger charge is -2.33. The Labute approximate surface area is 199 Å². The van der Waals surface area contributed by atoms with Gasteiger partial charge in [-0.1, -0.05) is 50.6 Å². The topological polar surface area (TPSA) is 67.4 Å². The van der Waals surface area contributed by atoms with Gasteiger partial charge in [0.15, 0.2) is 5.11 Å². The molecule has 0 aliphatic heterocycles. The van der Waals surface area contributed by atoms with E-state index in [0.29, 0.717) is 16.5 Å². The zero-order chi connectivity index (χ0) is 23.5. The Morgan fingerprint density at radius 3 is 2.53 bits per heavy atom. The fraction of sp³-hybridized carbons (Fsp3) is 0.400. The van der Waals surface area contributed by atoms with Crippen LogP contribution >= 0.6 is 23.6 Å². The highest BCUT2D eigenvalue weighted by Crippen LogP contribution is 2.44. The fourth-order valence-electron chi connectivity index (χ4n) is 3.87. The van der Waals surface area contributed by atoms with Crippen molar-refractivity contribution in [3.05, 3.63) is 57.5 Å². The standard InChI is InChI=1S/C25H30N2O3S2/c1-15-6-8-16(9-7-15)10-13-20(28)26-24(31)27-22-21(23(29)30-5)18-12-11-17(25(2,3)4)14-19(18)32-22/h6-10,13,17H,11-12,14H2,1-5H3,(H2,26,27,28,31)/b13-10+. The smallest absolute Gasteiger partial charge is 0.341 e. The molecule has 1 aliphatic rings. The molecule has 0 radical (unpaired) electrons. The van der Waals surface area contributed by atoms with Crippen molar-refractivity contribution < 1.29 is 14.3 Å². The predicted octanol–water partition coefficient (Wildman–Crippen LogP) is 5.52. The molecule has 5 nitrogen and oxygen atoms in total. The van der Waals surface area contributed by atoms with Crippen LogP contribution in [0.1, 0.15) is 59.1 Å². The molecule has 1 aliphatic carbocycles. The SMILES string of the molecule is COC(=O)c1c(NC(=S)NC(=O)/C=C/c2ccc(C)cc2)sc2c1CCC(C(C)(C)C)C2. The highest BCUT2D eigenvalue weighted by molar-refractivity contribution is 7.80. The number of fused-ring (bicyclic) bond motifs is 1. The molecule has 0 saturated heterocycles. The molecule has 3 rings (SSSR count). The summed E-state index contributed by atoms with van der Waals surface area (Å²) in [6.45, 7) is 8.78. The van der Waals surface area contributed by atoms with E-state index in [0.717, 1.165) is 36.0 Å². The summed E-state index contributed by atoms with van der Waals surface area (Å²) in [6.07, 6.45) is 5.95. The van der Waals surface area contributed by atoms with Crippen LogP contribution in [0.5, 0.6) is 0 Å². The van der Waals surface area contributed by atoms with Crippen molar-refractivity contribution in [3.63, 3.8) is 0 Å². The van der Waals surface area contributed by atoms with Gasteiger partial charge in [0.25, 0.3) is 0 Å². The maximum absolute atomic E-state index is 12.5. The van der Waals surface area contributed by atoms with Gasteiger partial charge in [0.05, 0.1) is 12.7 Å². The molecule has 0 spiro atoms. The second-order valence-electron chi connectivity index (χ2n) is 9.19. The van der Waals surface area contributed by atoms with Crippen LogP contribution in [0, 0.1) is 18.3 Å². The summed E-state index contributed by atoms with van der Waals surface area (Å²) in [4.78, 5) is 26.0. The average molecular weight is 471 g/mol. The van der Waals surface area contributed by atoms with Gasteiger partial charge in [0.2, 0.25) is 5.91 Å². The second kappa shape index (κ2) is 9.96. The van der Waals surface area contributed by atoms with Crippen molar-refractivity contribution in [1.82, 2.24) is 5.32 Å². The zero-order valence-corrected chi connectivity index (χ0v) is 20.8. The van der Waals surface area contributed by atoms with Crippen molar-refractivity contribution >= 4 is 51.6 Å². The minimum atomic E-state index is -0.382. The number of esters is 1. The third kappa shape index (κ3) is 5.84. The van der Waals surface area contributed by atoms with Gasteiger partial charge in [-0.2, -0.15) is 0 Å². The first kappa shape index (κ1) is 24.1. The van der Waals surface area contributed by atoms with E-state index in [4.69, 9.17) is 17.0 Å². The number of hydrogen-bond donors (Lipinski definition) is 2. The minimum Gasteiger partial charge on any atom is -0.465 e.